The Labute approximate surface area is 121 Å². The van der Waals surface area contributed by atoms with E-state index in [1.165, 1.54) is 16.2 Å². The minimum atomic E-state index is -0.0761. The maximum atomic E-state index is 12.3. The number of hydrogen-bond donors (Lipinski definition) is 1. The summed E-state index contributed by atoms with van der Waals surface area (Å²) < 4.78 is 0. The molecule has 2 aromatic heterocycles. The fourth-order valence-corrected chi connectivity index (χ4v) is 2.92. The van der Waals surface area contributed by atoms with E-state index in [9.17, 15) is 4.79 Å². The minimum Gasteiger partial charge on any atom is -0.319 e. The van der Waals surface area contributed by atoms with Crippen LogP contribution in [0.25, 0.3) is 10.9 Å². The van der Waals surface area contributed by atoms with E-state index < -0.39 is 0 Å². The monoisotopic (exact) mass is 282 g/mol. The molecule has 3 nitrogen and oxygen atoms in total. The largest absolute Gasteiger partial charge is 0.319 e. The Hall–Kier alpha value is -2.20. The van der Waals surface area contributed by atoms with Crippen molar-refractivity contribution in [2.45, 2.75) is 13.3 Å². The average molecular weight is 282 g/mol. The number of pyridine rings is 1. The highest BCUT2D eigenvalue weighted by Gasteiger charge is 2.11. The molecule has 20 heavy (non-hydrogen) atoms. The Morgan fingerprint density at radius 2 is 2.05 bits per heavy atom. The van der Waals surface area contributed by atoms with E-state index in [4.69, 9.17) is 0 Å². The van der Waals surface area contributed by atoms with Crippen LogP contribution in [0.2, 0.25) is 0 Å². The molecular formula is C16H14N2OS. The summed E-state index contributed by atoms with van der Waals surface area (Å²) in [6.45, 7) is 2.09. The van der Waals surface area contributed by atoms with Crippen LogP contribution in [0.15, 0.2) is 48.7 Å². The van der Waals surface area contributed by atoms with Crippen LogP contribution in [0.5, 0.6) is 0 Å². The van der Waals surface area contributed by atoms with Crippen LogP contribution in [0.4, 0.5) is 5.69 Å². The molecule has 1 amide bonds. The van der Waals surface area contributed by atoms with Crippen molar-refractivity contribution in [1.82, 2.24) is 4.98 Å². The second-order valence-electron chi connectivity index (χ2n) is 4.45. The quantitative estimate of drug-likeness (QED) is 0.785. The summed E-state index contributed by atoms with van der Waals surface area (Å²) in [5, 5.41) is 3.97. The molecule has 0 fully saturated rings. The molecule has 0 spiro atoms. The normalized spacial score (nSPS) is 10.7. The number of aryl methyl sites for hydroxylation is 1. The average Bonchev–Trinajstić information content (AvgIpc) is 2.97. The van der Waals surface area contributed by atoms with Gasteiger partial charge in [0.15, 0.2) is 0 Å². The molecular weight excluding hydrogens is 268 g/mol. The zero-order chi connectivity index (χ0) is 13.9. The first kappa shape index (κ1) is 12.8. The Morgan fingerprint density at radius 3 is 2.85 bits per heavy atom. The molecule has 0 atom stereocenters. The summed E-state index contributed by atoms with van der Waals surface area (Å²) in [5.74, 6) is -0.0761. The number of amides is 1. The first-order valence-electron chi connectivity index (χ1n) is 6.51. The Bertz CT molecular complexity index is 759. The number of aromatic nitrogens is 1. The van der Waals surface area contributed by atoms with E-state index in [0.717, 1.165) is 27.9 Å². The molecule has 0 aliphatic carbocycles. The van der Waals surface area contributed by atoms with Crippen LogP contribution < -0.4 is 5.32 Å². The van der Waals surface area contributed by atoms with E-state index >= 15 is 0 Å². The molecule has 0 radical (unpaired) electrons. The molecule has 2 heterocycles. The number of rotatable bonds is 3. The van der Waals surface area contributed by atoms with E-state index in [1.54, 1.807) is 6.20 Å². The zero-order valence-electron chi connectivity index (χ0n) is 11.1. The molecule has 4 heteroatoms. The van der Waals surface area contributed by atoms with Gasteiger partial charge in [-0.15, -0.1) is 11.3 Å². The second kappa shape index (κ2) is 5.43. The van der Waals surface area contributed by atoms with E-state index in [2.05, 4.69) is 17.2 Å². The predicted molar refractivity (Wildman–Crippen MR) is 83.4 cm³/mol. The van der Waals surface area contributed by atoms with Gasteiger partial charge in [-0.3, -0.25) is 9.78 Å². The molecule has 0 aliphatic heterocycles. The topological polar surface area (TPSA) is 42.0 Å². The lowest BCUT2D eigenvalue weighted by atomic mass is 10.2. The van der Waals surface area contributed by atoms with Crippen molar-refractivity contribution in [3.05, 3.63) is 58.4 Å². The molecule has 3 rings (SSSR count). The number of carbonyl (C=O) groups is 1. The number of hydrogen-bond acceptors (Lipinski definition) is 3. The van der Waals surface area contributed by atoms with Crippen molar-refractivity contribution in [3.63, 3.8) is 0 Å². The summed E-state index contributed by atoms with van der Waals surface area (Å²) in [5.41, 5.74) is 1.56. The Kier molecular flexibility index (Phi) is 3.48. The first-order valence-corrected chi connectivity index (χ1v) is 7.33. The van der Waals surface area contributed by atoms with Crippen LogP contribution in [0, 0.1) is 0 Å². The van der Waals surface area contributed by atoms with E-state index in [1.807, 2.05) is 42.5 Å². The van der Waals surface area contributed by atoms with Gasteiger partial charge in [0.25, 0.3) is 5.91 Å². The number of nitrogens with zero attached hydrogens (tertiary/aromatic N) is 1. The summed E-state index contributed by atoms with van der Waals surface area (Å²) in [6.07, 6.45) is 2.69. The number of benzene rings is 1. The summed E-state index contributed by atoms with van der Waals surface area (Å²) >= 11 is 1.53. The van der Waals surface area contributed by atoms with Gasteiger partial charge in [-0.2, -0.15) is 0 Å². The highest BCUT2D eigenvalue weighted by molar-refractivity contribution is 7.14. The molecule has 1 N–H and O–H groups in total. The molecule has 0 unspecified atom stereocenters. The van der Waals surface area contributed by atoms with Gasteiger partial charge in [0.05, 0.1) is 16.1 Å². The molecule has 0 saturated heterocycles. The predicted octanol–water partition coefficient (Wildman–Crippen LogP) is 4.11. The van der Waals surface area contributed by atoms with Crippen molar-refractivity contribution in [2.75, 3.05) is 5.32 Å². The number of fused-ring (bicyclic) bond motifs is 1. The van der Waals surface area contributed by atoms with Crippen LogP contribution in [0.1, 0.15) is 21.5 Å². The standard InChI is InChI=1S/C16H14N2OS/c1-2-12-8-9-14(20-12)16(19)18-13-7-3-5-11-6-4-10-17-15(11)13/h3-10H,2H2,1H3,(H,18,19). The summed E-state index contributed by atoms with van der Waals surface area (Å²) in [7, 11) is 0. The number of nitrogens with one attached hydrogen (secondary N) is 1. The SMILES string of the molecule is CCc1ccc(C(=O)Nc2cccc3cccnc23)s1. The van der Waals surface area contributed by atoms with Crippen LogP contribution in [0.3, 0.4) is 0 Å². The van der Waals surface area contributed by atoms with Crippen LogP contribution >= 0.6 is 11.3 Å². The van der Waals surface area contributed by atoms with Crippen molar-refractivity contribution in [2.24, 2.45) is 0 Å². The van der Waals surface area contributed by atoms with Gasteiger partial charge in [-0.05, 0) is 30.7 Å². The van der Waals surface area contributed by atoms with Gasteiger partial charge in [-0.25, -0.2) is 0 Å². The van der Waals surface area contributed by atoms with Crippen molar-refractivity contribution >= 4 is 33.8 Å². The molecule has 0 saturated carbocycles. The third-order valence-electron chi connectivity index (χ3n) is 3.11. The number of thiophene rings is 1. The Balaban J connectivity index is 1.91. The number of anilines is 1. The van der Waals surface area contributed by atoms with Crippen molar-refractivity contribution < 1.29 is 4.79 Å². The molecule has 0 bridgehead atoms. The first-order chi connectivity index (χ1) is 9.78. The number of carbonyl (C=O) groups excluding carboxylic acids is 1. The fraction of sp³-hybridized carbons (Fsp3) is 0.125. The van der Waals surface area contributed by atoms with Crippen LogP contribution in [-0.2, 0) is 6.42 Å². The fourth-order valence-electron chi connectivity index (χ4n) is 2.08. The third-order valence-corrected chi connectivity index (χ3v) is 4.34. The highest BCUT2D eigenvalue weighted by Crippen LogP contribution is 2.23. The second-order valence-corrected chi connectivity index (χ2v) is 5.62. The lowest BCUT2D eigenvalue weighted by Gasteiger charge is -2.06. The van der Waals surface area contributed by atoms with Gasteiger partial charge in [-0.1, -0.05) is 25.1 Å². The van der Waals surface area contributed by atoms with Gasteiger partial charge in [0.2, 0.25) is 0 Å². The lowest BCUT2D eigenvalue weighted by Crippen LogP contribution is -2.10. The Morgan fingerprint density at radius 1 is 1.20 bits per heavy atom. The van der Waals surface area contributed by atoms with E-state index in [0.29, 0.717) is 0 Å². The van der Waals surface area contributed by atoms with Gasteiger partial charge in [0.1, 0.15) is 0 Å². The minimum absolute atomic E-state index is 0.0761. The smallest absolute Gasteiger partial charge is 0.265 e. The number of para-hydroxylation sites is 1. The summed E-state index contributed by atoms with van der Waals surface area (Å²) in [4.78, 5) is 18.5. The molecule has 0 aliphatic rings. The van der Waals surface area contributed by atoms with Crippen molar-refractivity contribution in [1.29, 1.82) is 0 Å². The van der Waals surface area contributed by atoms with Gasteiger partial charge >= 0.3 is 0 Å². The third kappa shape index (κ3) is 2.42. The summed E-state index contributed by atoms with van der Waals surface area (Å²) in [6, 6.07) is 13.5. The molecule has 100 valence electrons. The van der Waals surface area contributed by atoms with Gasteiger partial charge in [0, 0.05) is 16.5 Å². The molecule has 3 aromatic rings. The zero-order valence-corrected chi connectivity index (χ0v) is 11.9. The van der Waals surface area contributed by atoms with Crippen LogP contribution in [-0.4, -0.2) is 10.9 Å². The lowest BCUT2D eigenvalue weighted by molar-refractivity contribution is 0.103. The van der Waals surface area contributed by atoms with E-state index in [-0.39, 0.29) is 5.91 Å². The molecule has 1 aromatic carbocycles. The van der Waals surface area contributed by atoms with Gasteiger partial charge < -0.3 is 5.32 Å². The highest BCUT2D eigenvalue weighted by atomic mass is 32.1. The van der Waals surface area contributed by atoms with Crippen molar-refractivity contribution in [3.8, 4) is 0 Å². The maximum absolute atomic E-state index is 12.3. The maximum Gasteiger partial charge on any atom is 0.265 e.